The van der Waals surface area contributed by atoms with E-state index in [0.717, 1.165) is 11.1 Å². The average molecular weight is 384 g/mol. The van der Waals surface area contributed by atoms with Crippen molar-refractivity contribution in [2.75, 3.05) is 10.6 Å². The summed E-state index contributed by atoms with van der Waals surface area (Å²) in [5.41, 5.74) is 2.15. The molecule has 142 valence electrons. The predicted molar refractivity (Wildman–Crippen MR) is 101 cm³/mol. The van der Waals surface area contributed by atoms with Crippen molar-refractivity contribution in [1.29, 1.82) is 0 Å². The van der Waals surface area contributed by atoms with E-state index >= 15 is 0 Å². The molecule has 0 spiro atoms. The van der Waals surface area contributed by atoms with E-state index in [0.29, 0.717) is 5.69 Å². The number of para-hydroxylation sites is 1. The molecule has 3 rings (SSSR count). The van der Waals surface area contributed by atoms with Gasteiger partial charge in [0.05, 0.1) is 11.3 Å². The second kappa shape index (κ2) is 7.96. The molecule has 0 bridgehead atoms. The summed E-state index contributed by atoms with van der Waals surface area (Å²) in [7, 11) is 0. The number of carbonyl (C=O) groups excluding carboxylic acids is 2. The topological polar surface area (TPSA) is 58.2 Å². The Morgan fingerprint density at radius 2 is 1.25 bits per heavy atom. The Labute approximate surface area is 159 Å². The smallest absolute Gasteiger partial charge is 0.322 e. The maximum Gasteiger partial charge on any atom is 0.471 e. The third kappa shape index (κ3) is 4.56. The summed E-state index contributed by atoms with van der Waals surface area (Å²) in [5.74, 6) is -2.77. The van der Waals surface area contributed by atoms with Crippen LogP contribution in [-0.4, -0.2) is 18.0 Å². The van der Waals surface area contributed by atoms with Crippen molar-refractivity contribution >= 4 is 23.2 Å². The van der Waals surface area contributed by atoms with Gasteiger partial charge >= 0.3 is 12.1 Å². The summed E-state index contributed by atoms with van der Waals surface area (Å²) in [6, 6.07) is 22.2. The molecule has 0 unspecified atom stereocenters. The van der Waals surface area contributed by atoms with E-state index in [1.807, 2.05) is 42.5 Å². The van der Waals surface area contributed by atoms with Crippen LogP contribution in [0.5, 0.6) is 0 Å². The number of alkyl halides is 3. The zero-order valence-corrected chi connectivity index (χ0v) is 14.5. The third-order valence-electron chi connectivity index (χ3n) is 3.93. The minimum Gasteiger partial charge on any atom is -0.322 e. The number of carbonyl (C=O) groups is 2. The highest BCUT2D eigenvalue weighted by Crippen LogP contribution is 2.24. The van der Waals surface area contributed by atoms with Crippen LogP contribution in [0.2, 0.25) is 0 Å². The second-order valence-electron chi connectivity index (χ2n) is 5.89. The van der Waals surface area contributed by atoms with Gasteiger partial charge in [-0.1, -0.05) is 54.6 Å². The number of benzene rings is 3. The number of amides is 2. The molecule has 28 heavy (non-hydrogen) atoms. The van der Waals surface area contributed by atoms with Crippen molar-refractivity contribution in [2.24, 2.45) is 0 Å². The lowest BCUT2D eigenvalue weighted by Gasteiger charge is -2.13. The molecule has 0 aromatic heterocycles. The van der Waals surface area contributed by atoms with Crippen LogP contribution in [0.1, 0.15) is 10.4 Å². The summed E-state index contributed by atoms with van der Waals surface area (Å²) in [4.78, 5) is 23.6. The van der Waals surface area contributed by atoms with Crippen LogP contribution in [-0.2, 0) is 4.79 Å². The maximum atomic E-state index is 12.5. The lowest BCUT2D eigenvalue weighted by atomic mass is 10.1. The number of halogens is 3. The summed E-state index contributed by atoms with van der Waals surface area (Å²) >= 11 is 0. The average Bonchev–Trinajstić information content (AvgIpc) is 2.69. The SMILES string of the molecule is O=C(Nc1ccc(-c2ccccc2)cc1)c1ccccc1NC(=O)C(F)(F)F. The van der Waals surface area contributed by atoms with Crippen molar-refractivity contribution in [3.8, 4) is 11.1 Å². The molecular formula is C21H15F3N2O2. The van der Waals surface area contributed by atoms with E-state index in [1.165, 1.54) is 24.3 Å². The Morgan fingerprint density at radius 1 is 0.679 bits per heavy atom. The monoisotopic (exact) mass is 384 g/mol. The lowest BCUT2D eigenvalue weighted by molar-refractivity contribution is -0.167. The van der Waals surface area contributed by atoms with Crippen molar-refractivity contribution in [2.45, 2.75) is 6.18 Å². The highest BCUT2D eigenvalue weighted by atomic mass is 19.4. The van der Waals surface area contributed by atoms with Gasteiger partial charge in [-0.05, 0) is 35.4 Å². The van der Waals surface area contributed by atoms with Gasteiger partial charge in [0.15, 0.2) is 0 Å². The first-order valence-corrected chi connectivity index (χ1v) is 8.28. The Kier molecular flexibility index (Phi) is 5.44. The summed E-state index contributed by atoms with van der Waals surface area (Å²) in [6.07, 6.45) is -5.04. The van der Waals surface area contributed by atoms with Crippen molar-refractivity contribution in [1.82, 2.24) is 0 Å². The predicted octanol–water partition coefficient (Wildman–Crippen LogP) is 5.11. The van der Waals surface area contributed by atoms with Gasteiger partial charge in [0.25, 0.3) is 5.91 Å². The lowest BCUT2D eigenvalue weighted by Crippen LogP contribution is -2.30. The van der Waals surface area contributed by atoms with Crippen LogP contribution in [0.25, 0.3) is 11.1 Å². The third-order valence-corrected chi connectivity index (χ3v) is 3.93. The molecule has 3 aromatic carbocycles. The van der Waals surface area contributed by atoms with Crippen LogP contribution in [0, 0.1) is 0 Å². The number of rotatable bonds is 4. The first-order valence-electron chi connectivity index (χ1n) is 8.28. The molecule has 4 nitrogen and oxygen atoms in total. The van der Waals surface area contributed by atoms with Gasteiger partial charge < -0.3 is 10.6 Å². The fourth-order valence-corrected chi connectivity index (χ4v) is 2.56. The van der Waals surface area contributed by atoms with E-state index in [-0.39, 0.29) is 11.3 Å². The Bertz CT molecular complexity index is 985. The normalized spacial score (nSPS) is 11.0. The van der Waals surface area contributed by atoms with Crippen molar-refractivity contribution < 1.29 is 22.8 Å². The van der Waals surface area contributed by atoms with Crippen molar-refractivity contribution in [3.63, 3.8) is 0 Å². The number of nitrogens with one attached hydrogen (secondary N) is 2. The van der Waals surface area contributed by atoms with E-state index in [2.05, 4.69) is 5.32 Å². The van der Waals surface area contributed by atoms with E-state index in [9.17, 15) is 22.8 Å². The quantitative estimate of drug-likeness (QED) is 0.657. The molecule has 0 fully saturated rings. The van der Waals surface area contributed by atoms with Crippen LogP contribution in [0.15, 0.2) is 78.9 Å². The largest absolute Gasteiger partial charge is 0.471 e. The molecule has 0 radical (unpaired) electrons. The van der Waals surface area contributed by atoms with Gasteiger partial charge in [-0.3, -0.25) is 9.59 Å². The Hall–Kier alpha value is -3.61. The molecule has 0 atom stereocenters. The highest BCUT2D eigenvalue weighted by molar-refractivity contribution is 6.10. The molecule has 0 aliphatic rings. The molecule has 0 heterocycles. The molecule has 0 saturated carbocycles. The van der Waals surface area contributed by atoms with E-state index < -0.39 is 18.0 Å². The maximum absolute atomic E-state index is 12.5. The molecule has 0 aliphatic heterocycles. The van der Waals surface area contributed by atoms with Crippen LogP contribution < -0.4 is 10.6 Å². The highest BCUT2D eigenvalue weighted by Gasteiger charge is 2.39. The molecule has 3 aromatic rings. The molecule has 0 aliphatic carbocycles. The second-order valence-corrected chi connectivity index (χ2v) is 5.89. The Balaban J connectivity index is 1.76. The number of hydrogen-bond acceptors (Lipinski definition) is 2. The first-order chi connectivity index (χ1) is 13.3. The number of anilines is 2. The molecule has 7 heteroatoms. The van der Waals surface area contributed by atoms with E-state index in [4.69, 9.17) is 0 Å². The first kappa shape index (κ1) is 19.2. The standard InChI is InChI=1S/C21H15F3N2O2/c22-21(23,24)20(28)26-18-9-5-4-8-17(18)19(27)25-16-12-10-15(11-13-16)14-6-2-1-3-7-14/h1-13H,(H,25,27)(H,26,28). The van der Waals surface area contributed by atoms with Gasteiger partial charge in [-0.2, -0.15) is 13.2 Å². The summed E-state index contributed by atoms with van der Waals surface area (Å²) < 4.78 is 37.4. The zero-order valence-electron chi connectivity index (χ0n) is 14.5. The van der Waals surface area contributed by atoms with Gasteiger partial charge in [-0.25, -0.2) is 0 Å². The molecule has 2 amide bonds. The van der Waals surface area contributed by atoms with Gasteiger partial charge in [0, 0.05) is 5.69 Å². The summed E-state index contributed by atoms with van der Waals surface area (Å²) in [5, 5.41) is 4.34. The number of hydrogen-bond donors (Lipinski definition) is 2. The zero-order chi connectivity index (χ0) is 20.1. The minimum absolute atomic E-state index is 0.0766. The molecule has 0 saturated heterocycles. The fraction of sp³-hybridized carbons (Fsp3) is 0.0476. The van der Waals surface area contributed by atoms with Gasteiger partial charge in [-0.15, -0.1) is 0 Å². The molecule has 2 N–H and O–H groups in total. The fourth-order valence-electron chi connectivity index (χ4n) is 2.56. The van der Waals surface area contributed by atoms with Crippen LogP contribution >= 0.6 is 0 Å². The summed E-state index contributed by atoms with van der Waals surface area (Å²) in [6.45, 7) is 0. The van der Waals surface area contributed by atoms with E-state index in [1.54, 1.807) is 17.4 Å². The van der Waals surface area contributed by atoms with Gasteiger partial charge in [0.2, 0.25) is 0 Å². The molecular weight excluding hydrogens is 369 g/mol. The van der Waals surface area contributed by atoms with Gasteiger partial charge in [0.1, 0.15) is 0 Å². The van der Waals surface area contributed by atoms with Crippen LogP contribution in [0.3, 0.4) is 0 Å². The van der Waals surface area contributed by atoms with Crippen LogP contribution in [0.4, 0.5) is 24.5 Å². The Morgan fingerprint density at radius 3 is 1.89 bits per heavy atom. The van der Waals surface area contributed by atoms with Crippen molar-refractivity contribution in [3.05, 3.63) is 84.4 Å². The minimum atomic E-state index is -5.04.